The Morgan fingerprint density at radius 3 is 2.41 bits per heavy atom. The average Bonchev–Trinajstić information content (AvgIpc) is 2.95. The first-order chi connectivity index (χ1) is 15.0. The molecule has 2 heterocycles. The van der Waals surface area contributed by atoms with Gasteiger partial charge >= 0.3 is 6.09 Å². The Labute approximate surface area is 193 Å². The molecule has 32 heavy (non-hydrogen) atoms. The smallest absolute Gasteiger partial charge is 0.410 e. The van der Waals surface area contributed by atoms with Crippen molar-refractivity contribution in [1.82, 2.24) is 30.2 Å². The van der Waals surface area contributed by atoms with Crippen LogP contribution in [0.4, 0.5) is 4.79 Å². The number of piperazine rings is 1. The lowest BCUT2D eigenvalue weighted by Crippen LogP contribution is -2.50. The van der Waals surface area contributed by atoms with Crippen LogP contribution in [0.25, 0.3) is 0 Å². The van der Waals surface area contributed by atoms with Gasteiger partial charge < -0.3 is 20.3 Å². The van der Waals surface area contributed by atoms with Crippen LogP contribution < -0.4 is 10.6 Å². The summed E-state index contributed by atoms with van der Waals surface area (Å²) in [6.45, 7) is 17.1. The van der Waals surface area contributed by atoms with Crippen molar-refractivity contribution in [2.24, 2.45) is 12.0 Å². The molecule has 182 valence electrons. The zero-order chi connectivity index (χ0) is 23.9. The van der Waals surface area contributed by atoms with Crippen molar-refractivity contribution >= 4 is 12.1 Å². The molecule has 1 atom stereocenters. The summed E-state index contributed by atoms with van der Waals surface area (Å²) in [5.74, 6) is 0.825. The van der Waals surface area contributed by atoms with Crippen LogP contribution in [0.1, 0.15) is 51.1 Å². The van der Waals surface area contributed by atoms with E-state index in [-0.39, 0.29) is 12.1 Å². The van der Waals surface area contributed by atoms with Gasteiger partial charge in [0.15, 0.2) is 5.96 Å². The first-order valence-electron chi connectivity index (χ1n) is 11.7. The van der Waals surface area contributed by atoms with E-state index in [1.807, 2.05) is 32.5 Å². The van der Waals surface area contributed by atoms with Gasteiger partial charge in [0.2, 0.25) is 0 Å². The molecular formula is C23H43N7O2. The molecule has 1 aliphatic heterocycles. The van der Waals surface area contributed by atoms with Crippen LogP contribution in [0.3, 0.4) is 0 Å². The van der Waals surface area contributed by atoms with Gasteiger partial charge in [-0.1, -0.05) is 0 Å². The quantitative estimate of drug-likeness (QED) is 0.377. The molecule has 1 fully saturated rings. The zero-order valence-corrected chi connectivity index (χ0v) is 21.3. The van der Waals surface area contributed by atoms with Crippen LogP contribution in [0, 0.1) is 13.8 Å². The number of guanidine groups is 1. The molecule has 2 N–H and O–H groups in total. The second-order valence-corrected chi connectivity index (χ2v) is 9.68. The van der Waals surface area contributed by atoms with E-state index in [9.17, 15) is 4.79 Å². The molecule has 1 amide bonds. The standard InChI is InChI=1S/C23H43N7O2/c1-17(16-20-18(2)27-28(8)19(20)3)26-21(24-7)25-10-9-11-29-12-14-30(15-13-29)22(31)32-23(4,5)6/h17H,9-16H2,1-8H3,(H2,24,25,26). The number of rotatable bonds is 7. The Bertz CT molecular complexity index is 774. The van der Waals surface area contributed by atoms with Gasteiger partial charge in [-0.3, -0.25) is 14.6 Å². The highest BCUT2D eigenvalue weighted by molar-refractivity contribution is 5.79. The van der Waals surface area contributed by atoms with Crippen LogP contribution >= 0.6 is 0 Å². The first kappa shape index (κ1) is 26.0. The maximum Gasteiger partial charge on any atom is 0.410 e. The number of hydrogen-bond donors (Lipinski definition) is 2. The minimum atomic E-state index is -0.445. The van der Waals surface area contributed by atoms with E-state index < -0.39 is 5.60 Å². The van der Waals surface area contributed by atoms with Crippen molar-refractivity contribution in [3.05, 3.63) is 17.0 Å². The van der Waals surface area contributed by atoms with Gasteiger partial charge in [0.1, 0.15) is 5.60 Å². The number of aliphatic imine (C=N–C) groups is 1. The topological polar surface area (TPSA) is 87.0 Å². The van der Waals surface area contributed by atoms with Gasteiger partial charge in [0, 0.05) is 58.6 Å². The summed E-state index contributed by atoms with van der Waals surface area (Å²) >= 11 is 0. The summed E-state index contributed by atoms with van der Waals surface area (Å²) < 4.78 is 7.41. The summed E-state index contributed by atoms with van der Waals surface area (Å²) in [5, 5.41) is 11.4. The molecule has 9 nitrogen and oxygen atoms in total. The van der Waals surface area contributed by atoms with E-state index in [2.05, 4.69) is 46.4 Å². The van der Waals surface area contributed by atoms with Gasteiger partial charge in [-0.05, 0) is 66.5 Å². The van der Waals surface area contributed by atoms with E-state index in [0.29, 0.717) is 0 Å². The van der Waals surface area contributed by atoms with E-state index >= 15 is 0 Å². The highest BCUT2D eigenvalue weighted by atomic mass is 16.6. The van der Waals surface area contributed by atoms with Crippen LogP contribution in [0.5, 0.6) is 0 Å². The Morgan fingerprint density at radius 1 is 1.22 bits per heavy atom. The van der Waals surface area contributed by atoms with Crippen molar-refractivity contribution in [1.29, 1.82) is 0 Å². The van der Waals surface area contributed by atoms with Crippen LogP contribution in [0.15, 0.2) is 4.99 Å². The minimum absolute atomic E-state index is 0.209. The summed E-state index contributed by atoms with van der Waals surface area (Å²) in [6, 6.07) is 0.253. The normalized spacial score (nSPS) is 16.8. The van der Waals surface area contributed by atoms with Crippen LogP contribution in [0.2, 0.25) is 0 Å². The fraction of sp³-hybridized carbons (Fsp3) is 0.783. The number of amides is 1. The van der Waals surface area contributed by atoms with E-state index in [1.54, 1.807) is 11.9 Å². The minimum Gasteiger partial charge on any atom is -0.444 e. The third kappa shape index (κ3) is 8.00. The third-order valence-electron chi connectivity index (χ3n) is 5.74. The number of ether oxygens (including phenoxy) is 1. The first-order valence-corrected chi connectivity index (χ1v) is 11.7. The van der Waals surface area contributed by atoms with Crippen molar-refractivity contribution in [3.63, 3.8) is 0 Å². The largest absolute Gasteiger partial charge is 0.444 e. The van der Waals surface area contributed by atoms with Gasteiger partial charge in [-0.25, -0.2) is 4.79 Å². The third-order valence-corrected chi connectivity index (χ3v) is 5.74. The second kappa shape index (κ2) is 11.5. The monoisotopic (exact) mass is 449 g/mol. The predicted octanol–water partition coefficient (Wildman–Crippen LogP) is 2.08. The lowest BCUT2D eigenvalue weighted by molar-refractivity contribution is 0.0145. The van der Waals surface area contributed by atoms with Crippen molar-refractivity contribution in [2.75, 3.05) is 46.3 Å². The number of hydrogen-bond acceptors (Lipinski definition) is 5. The molecule has 1 unspecified atom stereocenters. The molecular weight excluding hydrogens is 406 g/mol. The molecule has 1 aromatic heterocycles. The Morgan fingerprint density at radius 2 is 1.88 bits per heavy atom. The zero-order valence-electron chi connectivity index (χ0n) is 21.3. The van der Waals surface area contributed by atoms with Gasteiger partial charge in [0.25, 0.3) is 0 Å². The van der Waals surface area contributed by atoms with Crippen molar-refractivity contribution < 1.29 is 9.53 Å². The Kier molecular flexibility index (Phi) is 9.36. The number of carbonyl (C=O) groups is 1. The summed E-state index contributed by atoms with van der Waals surface area (Å²) in [5.41, 5.74) is 3.16. The number of carbonyl (C=O) groups excluding carboxylic acids is 1. The molecule has 0 bridgehead atoms. The molecule has 0 spiro atoms. The van der Waals surface area contributed by atoms with Crippen LogP contribution in [-0.4, -0.2) is 89.6 Å². The fourth-order valence-electron chi connectivity index (χ4n) is 3.89. The Balaban J connectivity index is 1.66. The van der Waals surface area contributed by atoms with Crippen molar-refractivity contribution in [2.45, 2.75) is 66.0 Å². The molecule has 0 radical (unpaired) electrons. The maximum atomic E-state index is 12.2. The van der Waals surface area contributed by atoms with Gasteiger partial charge in [-0.2, -0.15) is 5.10 Å². The molecule has 0 aromatic carbocycles. The highest BCUT2D eigenvalue weighted by Gasteiger charge is 2.25. The van der Waals surface area contributed by atoms with Gasteiger partial charge in [-0.15, -0.1) is 0 Å². The summed E-state index contributed by atoms with van der Waals surface area (Å²) in [4.78, 5) is 20.7. The average molecular weight is 450 g/mol. The number of nitrogens with zero attached hydrogens (tertiary/aromatic N) is 5. The number of nitrogens with one attached hydrogen (secondary N) is 2. The molecule has 0 aliphatic carbocycles. The molecule has 2 rings (SSSR count). The summed E-state index contributed by atoms with van der Waals surface area (Å²) in [7, 11) is 3.79. The molecule has 0 saturated carbocycles. The number of aromatic nitrogens is 2. The van der Waals surface area contributed by atoms with E-state index in [0.717, 1.165) is 63.8 Å². The lowest BCUT2D eigenvalue weighted by atomic mass is 10.1. The lowest BCUT2D eigenvalue weighted by Gasteiger charge is -2.35. The fourth-order valence-corrected chi connectivity index (χ4v) is 3.89. The molecule has 1 aromatic rings. The van der Waals surface area contributed by atoms with E-state index in [4.69, 9.17) is 4.74 Å². The van der Waals surface area contributed by atoms with Crippen LogP contribution in [-0.2, 0) is 18.2 Å². The Hall–Kier alpha value is -2.29. The molecule has 9 heteroatoms. The molecule has 1 aliphatic rings. The van der Waals surface area contributed by atoms with Gasteiger partial charge in [0.05, 0.1) is 5.69 Å². The predicted molar refractivity (Wildman–Crippen MR) is 129 cm³/mol. The van der Waals surface area contributed by atoms with E-state index in [1.165, 1.54) is 11.3 Å². The SMILES string of the molecule is CN=C(NCCCN1CCN(C(=O)OC(C)(C)C)CC1)NC(C)Cc1c(C)nn(C)c1C. The highest BCUT2D eigenvalue weighted by Crippen LogP contribution is 2.14. The molecule has 1 saturated heterocycles. The summed E-state index contributed by atoms with van der Waals surface area (Å²) in [6.07, 6.45) is 1.72. The second-order valence-electron chi connectivity index (χ2n) is 9.68. The number of aryl methyl sites for hydroxylation is 2. The van der Waals surface area contributed by atoms with Crippen molar-refractivity contribution in [3.8, 4) is 0 Å². The maximum absolute atomic E-state index is 12.2.